The number of anilines is 1. The molecule has 88 valence electrons. The molecule has 0 aromatic carbocycles. The quantitative estimate of drug-likeness (QED) is 0.827. The molecule has 1 aliphatic rings. The van der Waals surface area contributed by atoms with Crippen LogP contribution in [-0.4, -0.2) is 18.1 Å². The number of hydrogen-bond acceptors (Lipinski definition) is 3. The van der Waals surface area contributed by atoms with Gasteiger partial charge in [-0.05, 0) is 30.4 Å². The van der Waals surface area contributed by atoms with Gasteiger partial charge in [-0.2, -0.15) is 0 Å². The highest BCUT2D eigenvalue weighted by Gasteiger charge is 2.23. The van der Waals surface area contributed by atoms with Crippen LogP contribution in [0, 0.1) is 11.8 Å². The summed E-state index contributed by atoms with van der Waals surface area (Å²) in [6.07, 6.45) is 1.26. The lowest BCUT2D eigenvalue weighted by Gasteiger charge is -2.36. The van der Waals surface area contributed by atoms with Crippen LogP contribution in [0.5, 0.6) is 0 Å². The third-order valence-corrected chi connectivity index (χ3v) is 3.66. The van der Waals surface area contributed by atoms with E-state index in [0.29, 0.717) is 6.54 Å². The van der Waals surface area contributed by atoms with Crippen molar-refractivity contribution in [1.29, 1.82) is 0 Å². The molecule has 0 bridgehead atoms. The maximum absolute atomic E-state index is 5.62. The molecule has 1 aliphatic heterocycles. The van der Waals surface area contributed by atoms with Crippen LogP contribution in [0.25, 0.3) is 0 Å². The number of aromatic nitrogens is 1. The normalized spacial score (nSPS) is 25.8. The molecule has 2 unspecified atom stereocenters. The summed E-state index contributed by atoms with van der Waals surface area (Å²) in [5.41, 5.74) is 6.59. The van der Waals surface area contributed by atoms with E-state index in [0.717, 1.165) is 36.4 Å². The van der Waals surface area contributed by atoms with E-state index in [1.165, 1.54) is 6.42 Å². The van der Waals surface area contributed by atoms with Gasteiger partial charge in [-0.1, -0.05) is 19.9 Å². The van der Waals surface area contributed by atoms with Gasteiger partial charge in [-0.3, -0.25) is 0 Å². The summed E-state index contributed by atoms with van der Waals surface area (Å²) < 4.78 is 0. The average molecular weight is 219 g/mol. The van der Waals surface area contributed by atoms with Gasteiger partial charge in [0.05, 0.1) is 5.69 Å². The fourth-order valence-electron chi connectivity index (χ4n) is 2.23. The molecule has 1 saturated heterocycles. The summed E-state index contributed by atoms with van der Waals surface area (Å²) in [7, 11) is 0. The highest BCUT2D eigenvalue weighted by Crippen LogP contribution is 2.25. The third-order valence-electron chi connectivity index (χ3n) is 3.66. The molecule has 3 heteroatoms. The minimum absolute atomic E-state index is 0.521. The first-order chi connectivity index (χ1) is 7.70. The number of nitrogens with two attached hydrogens (primary N) is 1. The fraction of sp³-hybridized carbons (Fsp3) is 0.615. The number of piperidine rings is 1. The molecule has 1 aromatic rings. The maximum atomic E-state index is 5.62. The van der Waals surface area contributed by atoms with Crippen molar-refractivity contribution in [3.05, 3.63) is 23.9 Å². The van der Waals surface area contributed by atoms with Gasteiger partial charge in [0.2, 0.25) is 0 Å². The van der Waals surface area contributed by atoms with E-state index in [1.54, 1.807) is 0 Å². The zero-order valence-electron chi connectivity index (χ0n) is 10.2. The van der Waals surface area contributed by atoms with Crippen LogP contribution in [0.4, 0.5) is 5.82 Å². The van der Waals surface area contributed by atoms with Crippen molar-refractivity contribution in [1.82, 2.24) is 4.98 Å². The summed E-state index contributed by atoms with van der Waals surface area (Å²) in [6.45, 7) is 7.41. The molecule has 2 heterocycles. The second-order valence-electron chi connectivity index (χ2n) is 4.88. The molecule has 1 aromatic heterocycles. The summed E-state index contributed by atoms with van der Waals surface area (Å²) in [5, 5.41) is 0. The minimum atomic E-state index is 0.521. The van der Waals surface area contributed by atoms with Crippen LogP contribution in [0.1, 0.15) is 26.0 Å². The Morgan fingerprint density at radius 3 is 2.88 bits per heavy atom. The molecule has 2 atom stereocenters. The second-order valence-corrected chi connectivity index (χ2v) is 4.88. The number of rotatable bonds is 2. The Hall–Kier alpha value is -1.09. The molecule has 0 spiro atoms. The Labute approximate surface area is 97.7 Å². The van der Waals surface area contributed by atoms with Crippen molar-refractivity contribution < 1.29 is 0 Å². The second kappa shape index (κ2) is 4.83. The summed E-state index contributed by atoms with van der Waals surface area (Å²) in [6, 6.07) is 6.12. The Morgan fingerprint density at radius 1 is 1.38 bits per heavy atom. The molecule has 1 fully saturated rings. The molecular formula is C13H21N3. The third kappa shape index (κ3) is 2.35. The molecular weight excluding hydrogens is 198 g/mol. The predicted octanol–water partition coefficient (Wildman–Crippen LogP) is 2.02. The van der Waals surface area contributed by atoms with Gasteiger partial charge in [0.1, 0.15) is 5.82 Å². The van der Waals surface area contributed by atoms with E-state index in [-0.39, 0.29) is 0 Å². The lowest BCUT2D eigenvalue weighted by atomic mass is 9.89. The van der Waals surface area contributed by atoms with E-state index >= 15 is 0 Å². The monoisotopic (exact) mass is 219 g/mol. The van der Waals surface area contributed by atoms with Crippen molar-refractivity contribution in [2.24, 2.45) is 17.6 Å². The molecule has 16 heavy (non-hydrogen) atoms. The summed E-state index contributed by atoms with van der Waals surface area (Å²) in [5.74, 6) is 2.66. The topological polar surface area (TPSA) is 42.1 Å². The van der Waals surface area contributed by atoms with Crippen LogP contribution >= 0.6 is 0 Å². The van der Waals surface area contributed by atoms with Crippen molar-refractivity contribution in [3.63, 3.8) is 0 Å². The van der Waals surface area contributed by atoms with E-state index in [2.05, 4.69) is 29.8 Å². The van der Waals surface area contributed by atoms with Crippen LogP contribution in [0.15, 0.2) is 18.2 Å². The van der Waals surface area contributed by atoms with Gasteiger partial charge in [0.25, 0.3) is 0 Å². The van der Waals surface area contributed by atoms with Crippen molar-refractivity contribution in [2.45, 2.75) is 26.8 Å². The van der Waals surface area contributed by atoms with Gasteiger partial charge in [-0.25, -0.2) is 4.98 Å². The Kier molecular flexibility index (Phi) is 3.44. The lowest BCUT2D eigenvalue weighted by molar-refractivity contribution is 0.322. The molecule has 3 nitrogen and oxygen atoms in total. The molecule has 2 rings (SSSR count). The number of hydrogen-bond donors (Lipinski definition) is 1. The SMILES string of the molecule is CC1CCN(c2cccc(CN)n2)CC1C. The average Bonchev–Trinajstić information content (AvgIpc) is 2.33. The molecule has 0 amide bonds. The maximum Gasteiger partial charge on any atom is 0.128 e. The first-order valence-electron chi connectivity index (χ1n) is 6.11. The summed E-state index contributed by atoms with van der Waals surface area (Å²) >= 11 is 0. The predicted molar refractivity (Wildman–Crippen MR) is 67.3 cm³/mol. The van der Waals surface area contributed by atoms with Crippen LogP contribution in [-0.2, 0) is 6.54 Å². The first-order valence-corrected chi connectivity index (χ1v) is 6.11. The van der Waals surface area contributed by atoms with E-state index in [9.17, 15) is 0 Å². The van der Waals surface area contributed by atoms with Crippen molar-refractivity contribution in [2.75, 3.05) is 18.0 Å². The molecule has 0 saturated carbocycles. The highest BCUT2D eigenvalue weighted by atomic mass is 15.2. The van der Waals surface area contributed by atoms with Gasteiger partial charge in [0, 0.05) is 19.6 Å². The molecule has 0 aliphatic carbocycles. The Bertz CT molecular complexity index is 351. The highest BCUT2D eigenvalue weighted by molar-refractivity contribution is 5.39. The first kappa shape index (κ1) is 11.4. The molecule has 0 radical (unpaired) electrons. The number of nitrogens with zero attached hydrogens (tertiary/aromatic N) is 2. The van der Waals surface area contributed by atoms with E-state index < -0.39 is 0 Å². The minimum Gasteiger partial charge on any atom is -0.356 e. The summed E-state index contributed by atoms with van der Waals surface area (Å²) in [4.78, 5) is 6.95. The van der Waals surface area contributed by atoms with E-state index in [4.69, 9.17) is 5.73 Å². The van der Waals surface area contributed by atoms with Crippen LogP contribution in [0.2, 0.25) is 0 Å². The van der Waals surface area contributed by atoms with Crippen LogP contribution in [0.3, 0.4) is 0 Å². The van der Waals surface area contributed by atoms with Crippen molar-refractivity contribution in [3.8, 4) is 0 Å². The lowest BCUT2D eigenvalue weighted by Crippen LogP contribution is -2.38. The van der Waals surface area contributed by atoms with Gasteiger partial charge in [0.15, 0.2) is 0 Å². The fourth-order valence-corrected chi connectivity index (χ4v) is 2.23. The zero-order valence-corrected chi connectivity index (χ0v) is 10.2. The van der Waals surface area contributed by atoms with Gasteiger partial charge < -0.3 is 10.6 Å². The molecule has 2 N–H and O–H groups in total. The van der Waals surface area contributed by atoms with Gasteiger partial charge in [-0.15, -0.1) is 0 Å². The van der Waals surface area contributed by atoms with Gasteiger partial charge >= 0.3 is 0 Å². The Morgan fingerprint density at radius 2 is 2.19 bits per heavy atom. The van der Waals surface area contributed by atoms with Crippen molar-refractivity contribution >= 4 is 5.82 Å². The standard InChI is InChI=1S/C13H21N3/c1-10-6-7-16(9-11(10)2)13-5-3-4-12(8-14)15-13/h3-5,10-11H,6-9,14H2,1-2H3. The number of pyridine rings is 1. The van der Waals surface area contributed by atoms with E-state index in [1.807, 2.05) is 12.1 Å². The smallest absolute Gasteiger partial charge is 0.128 e. The van der Waals surface area contributed by atoms with Crippen LogP contribution < -0.4 is 10.6 Å². The Balaban J connectivity index is 2.12. The zero-order chi connectivity index (χ0) is 11.5. The largest absolute Gasteiger partial charge is 0.356 e.